The number of amides is 2. The van der Waals surface area contributed by atoms with E-state index in [4.69, 9.17) is 4.74 Å². The van der Waals surface area contributed by atoms with Crippen LogP contribution in [0.3, 0.4) is 0 Å². The van der Waals surface area contributed by atoms with E-state index in [1.54, 1.807) is 4.90 Å². The van der Waals surface area contributed by atoms with Crippen LogP contribution < -0.4 is 5.32 Å². The van der Waals surface area contributed by atoms with Crippen LogP contribution in [0.15, 0.2) is 36.4 Å². The van der Waals surface area contributed by atoms with Gasteiger partial charge < -0.3 is 15.0 Å². The fourth-order valence-electron chi connectivity index (χ4n) is 3.23. The van der Waals surface area contributed by atoms with Crippen molar-refractivity contribution in [3.05, 3.63) is 64.2 Å². The summed E-state index contributed by atoms with van der Waals surface area (Å²) in [4.78, 5) is 25.9. The van der Waals surface area contributed by atoms with Gasteiger partial charge >= 0.3 is 6.09 Å². The van der Waals surface area contributed by atoms with Gasteiger partial charge in [0.2, 0.25) is 0 Å². The van der Waals surface area contributed by atoms with Crippen LogP contribution >= 0.6 is 0 Å². The summed E-state index contributed by atoms with van der Waals surface area (Å²) < 4.78 is 4.80. The molecule has 1 aliphatic heterocycles. The Morgan fingerprint density at radius 1 is 1.04 bits per heavy atom. The third kappa shape index (κ3) is 3.82. The minimum atomic E-state index is -0.324. The van der Waals surface area contributed by atoms with Crippen molar-refractivity contribution in [1.29, 1.82) is 0 Å². The number of nitrogens with zero attached hydrogens (tertiary/aromatic N) is 1. The van der Waals surface area contributed by atoms with Crippen LogP contribution in [0.5, 0.6) is 0 Å². The van der Waals surface area contributed by atoms with Crippen LogP contribution in [0, 0.1) is 13.8 Å². The number of carbonyl (C=O) groups is 2. The molecule has 0 aromatic heterocycles. The molecular weight excluding hydrogens is 316 g/mol. The molecule has 5 nitrogen and oxygen atoms in total. The van der Waals surface area contributed by atoms with Gasteiger partial charge in [0, 0.05) is 24.3 Å². The lowest BCUT2D eigenvalue weighted by Crippen LogP contribution is -2.35. The number of hydrogen-bond donors (Lipinski definition) is 1. The molecule has 0 atom stereocenters. The van der Waals surface area contributed by atoms with Gasteiger partial charge in [0.1, 0.15) is 0 Å². The summed E-state index contributed by atoms with van der Waals surface area (Å²) in [5.41, 5.74) is 5.73. The van der Waals surface area contributed by atoms with E-state index in [2.05, 4.69) is 5.32 Å². The molecule has 1 heterocycles. The third-order valence-electron chi connectivity index (χ3n) is 4.39. The molecule has 0 saturated heterocycles. The van der Waals surface area contributed by atoms with Gasteiger partial charge in [0.15, 0.2) is 0 Å². The van der Waals surface area contributed by atoms with Crippen molar-refractivity contribution in [2.75, 3.05) is 19.0 Å². The van der Waals surface area contributed by atoms with Crippen molar-refractivity contribution in [1.82, 2.24) is 4.90 Å². The maximum atomic E-state index is 12.5. The summed E-state index contributed by atoms with van der Waals surface area (Å²) >= 11 is 0. The minimum absolute atomic E-state index is 0.132. The average Bonchev–Trinajstić information content (AvgIpc) is 2.59. The molecule has 0 bridgehead atoms. The van der Waals surface area contributed by atoms with Gasteiger partial charge in [-0.05, 0) is 55.7 Å². The molecule has 1 aliphatic rings. The zero-order chi connectivity index (χ0) is 18.0. The summed E-state index contributed by atoms with van der Waals surface area (Å²) in [6.07, 6.45) is 0.464. The zero-order valence-electron chi connectivity index (χ0n) is 14.8. The number of carbonyl (C=O) groups excluding carboxylic acids is 2. The van der Waals surface area contributed by atoms with Gasteiger partial charge in [-0.15, -0.1) is 0 Å². The van der Waals surface area contributed by atoms with Crippen molar-refractivity contribution in [3.63, 3.8) is 0 Å². The van der Waals surface area contributed by atoms with Crippen LogP contribution in [0.1, 0.15) is 32.6 Å². The molecule has 130 valence electrons. The van der Waals surface area contributed by atoms with E-state index in [0.717, 1.165) is 28.8 Å². The smallest absolute Gasteiger partial charge is 0.409 e. The molecular formula is C20H22N2O3. The first-order valence-electron chi connectivity index (χ1n) is 8.30. The van der Waals surface area contributed by atoms with E-state index in [0.29, 0.717) is 18.7 Å². The number of rotatable bonds is 2. The molecule has 1 N–H and O–H groups in total. The largest absolute Gasteiger partial charge is 0.453 e. The monoisotopic (exact) mass is 338 g/mol. The van der Waals surface area contributed by atoms with Crippen molar-refractivity contribution in [2.24, 2.45) is 0 Å². The Balaban J connectivity index is 1.78. The SMILES string of the molecule is COC(=O)N1CCc2ccc(NC(=O)c3cc(C)cc(C)c3)cc2C1. The molecule has 0 unspecified atom stereocenters. The van der Waals surface area contributed by atoms with Crippen LogP contribution in [-0.2, 0) is 17.7 Å². The number of nitrogens with one attached hydrogen (secondary N) is 1. The van der Waals surface area contributed by atoms with Gasteiger partial charge in [0.25, 0.3) is 5.91 Å². The standard InChI is InChI=1S/C20H22N2O3/c1-13-8-14(2)10-16(9-13)19(23)21-18-5-4-15-6-7-22(20(24)25-3)12-17(15)11-18/h4-5,8-11H,6-7,12H2,1-3H3,(H,21,23). The van der Waals surface area contributed by atoms with E-state index in [-0.39, 0.29) is 12.0 Å². The van der Waals surface area contributed by atoms with Gasteiger partial charge in [-0.1, -0.05) is 23.3 Å². The first kappa shape index (κ1) is 17.0. The van der Waals surface area contributed by atoms with E-state index >= 15 is 0 Å². The Labute approximate surface area is 147 Å². The number of methoxy groups -OCH3 is 1. The van der Waals surface area contributed by atoms with Crippen LogP contribution in [0.4, 0.5) is 10.5 Å². The maximum Gasteiger partial charge on any atom is 0.409 e. The molecule has 2 aromatic carbocycles. The number of fused-ring (bicyclic) bond motifs is 1. The fourth-order valence-corrected chi connectivity index (χ4v) is 3.23. The molecule has 0 spiro atoms. The molecule has 0 fully saturated rings. The van der Waals surface area contributed by atoms with Gasteiger partial charge in [0.05, 0.1) is 7.11 Å². The summed E-state index contributed by atoms with van der Waals surface area (Å²) in [5, 5.41) is 2.95. The Kier molecular flexibility index (Phi) is 4.74. The molecule has 0 radical (unpaired) electrons. The second kappa shape index (κ2) is 6.97. The quantitative estimate of drug-likeness (QED) is 0.909. The number of hydrogen-bond acceptors (Lipinski definition) is 3. The Morgan fingerprint density at radius 3 is 2.44 bits per heavy atom. The van der Waals surface area contributed by atoms with E-state index < -0.39 is 0 Å². The van der Waals surface area contributed by atoms with Crippen molar-refractivity contribution in [3.8, 4) is 0 Å². The van der Waals surface area contributed by atoms with Crippen LogP contribution in [0.25, 0.3) is 0 Å². The van der Waals surface area contributed by atoms with Crippen LogP contribution in [-0.4, -0.2) is 30.6 Å². The first-order chi connectivity index (χ1) is 12.0. The zero-order valence-corrected chi connectivity index (χ0v) is 14.8. The molecule has 0 aliphatic carbocycles. The second-order valence-electron chi connectivity index (χ2n) is 6.46. The van der Waals surface area contributed by atoms with Crippen molar-refractivity contribution in [2.45, 2.75) is 26.8 Å². The average molecular weight is 338 g/mol. The Hall–Kier alpha value is -2.82. The summed E-state index contributed by atoms with van der Waals surface area (Å²) in [5.74, 6) is -0.132. The molecule has 25 heavy (non-hydrogen) atoms. The third-order valence-corrected chi connectivity index (χ3v) is 4.39. The number of benzene rings is 2. The highest BCUT2D eigenvalue weighted by molar-refractivity contribution is 6.04. The summed E-state index contributed by atoms with van der Waals surface area (Å²) in [6, 6.07) is 11.6. The highest BCUT2D eigenvalue weighted by Gasteiger charge is 2.21. The van der Waals surface area contributed by atoms with Crippen molar-refractivity contribution < 1.29 is 14.3 Å². The molecule has 2 aromatic rings. The van der Waals surface area contributed by atoms with E-state index in [1.165, 1.54) is 12.7 Å². The number of aryl methyl sites for hydroxylation is 2. The maximum absolute atomic E-state index is 12.5. The lowest BCUT2D eigenvalue weighted by Gasteiger charge is -2.28. The Morgan fingerprint density at radius 2 is 1.76 bits per heavy atom. The molecule has 0 saturated carbocycles. The lowest BCUT2D eigenvalue weighted by atomic mass is 9.99. The normalized spacial score (nSPS) is 13.2. The number of anilines is 1. The molecule has 5 heteroatoms. The summed E-state index contributed by atoms with van der Waals surface area (Å²) in [6.45, 7) is 5.09. The lowest BCUT2D eigenvalue weighted by molar-refractivity contribution is 0.102. The van der Waals surface area contributed by atoms with E-state index in [9.17, 15) is 9.59 Å². The van der Waals surface area contributed by atoms with Crippen molar-refractivity contribution >= 4 is 17.7 Å². The van der Waals surface area contributed by atoms with Gasteiger partial charge in [-0.3, -0.25) is 4.79 Å². The van der Waals surface area contributed by atoms with Gasteiger partial charge in [-0.2, -0.15) is 0 Å². The molecule has 3 rings (SSSR count). The predicted molar refractivity (Wildman–Crippen MR) is 96.8 cm³/mol. The highest BCUT2D eigenvalue weighted by Crippen LogP contribution is 2.23. The second-order valence-corrected chi connectivity index (χ2v) is 6.46. The number of ether oxygens (including phenoxy) is 1. The fraction of sp³-hybridized carbons (Fsp3) is 0.300. The predicted octanol–water partition coefficient (Wildman–Crippen LogP) is 3.68. The highest BCUT2D eigenvalue weighted by atomic mass is 16.5. The van der Waals surface area contributed by atoms with Gasteiger partial charge in [-0.25, -0.2) is 4.79 Å². The topological polar surface area (TPSA) is 58.6 Å². The summed E-state index contributed by atoms with van der Waals surface area (Å²) in [7, 11) is 1.39. The van der Waals surface area contributed by atoms with Crippen LogP contribution in [0.2, 0.25) is 0 Å². The first-order valence-corrected chi connectivity index (χ1v) is 8.30. The molecule has 2 amide bonds. The minimum Gasteiger partial charge on any atom is -0.453 e. The van der Waals surface area contributed by atoms with E-state index in [1.807, 2.05) is 50.2 Å². The Bertz CT molecular complexity index is 809.